The Hall–Kier alpha value is -1.97. The highest BCUT2D eigenvalue weighted by atomic mass is 16.5. The van der Waals surface area contributed by atoms with Crippen LogP contribution in [0.2, 0.25) is 0 Å². The molecule has 0 fully saturated rings. The summed E-state index contributed by atoms with van der Waals surface area (Å²) in [7, 11) is 1.67. The summed E-state index contributed by atoms with van der Waals surface area (Å²) in [5.74, 6) is 1.37. The van der Waals surface area contributed by atoms with Gasteiger partial charge in [-0.25, -0.2) is 0 Å². The van der Waals surface area contributed by atoms with Crippen LogP contribution in [0.25, 0.3) is 10.9 Å². The summed E-state index contributed by atoms with van der Waals surface area (Å²) in [4.78, 5) is 15.1. The van der Waals surface area contributed by atoms with Crippen molar-refractivity contribution in [3.63, 3.8) is 0 Å². The summed E-state index contributed by atoms with van der Waals surface area (Å²) in [6.45, 7) is 6.83. The van der Waals surface area contributed by atoms with Gasteiger partial charge < -0.3 is 15.0 Å². The van der Waals surface area contributed by atoms with Gasteiger partial charge in [0.15, 0.2) is 0 Å². The van der Waals surface area contributed by atoms with E-state index in [4.69, 9.17) is 4.74 Å². The van der Waals surface area contributed by atoms with E-state index in [-0.39, 0.29) is 5.91 Å². The van der Waals surface area contributed by atoms with Gasteiger partial charge >= 0.3 is 0 Å². The highest BCUT2D eigenvalue weighted by Crippen LogP contribution is 2.26. The van der Waals surface area contributed by atoms with Gasteiger partial charge in [0.2, 0.25) is 5.91 Å². The Bertz CT molecular complexity index is 629. The van der Waals surface area contributed by atoms with Crippen molar-refractivity contribution >= 4 is 16.8 Å². The molecule has 0 aliphatic carbocycles. The molecule has 0 saturated heterocycles. The molecule has 1 aromatic heterocycles. The number of carbonyl (C=O) groups is 1. The highest BCUT2D eigenvalue weighted by molar-refractivity contribution is 5.86. The topological polar surface area (TPSA) is 54.1 Å². The van der Waals surface area contributed by atoms with Crippen LogP contribution in [0, 0.1) is 12.8 Å². The molecule has 1 aromatic carbocycles. The number of rotatable bonds is 6. The van der Waals surface area contributed by atoms with Gasteiger partial charge in [-0.05, 0) is 43.0 Å². The lowest BCUT2D eigenvalue weighted by Gasteiger charge is -2.07. The molecule has 0 aliphatic heterocycles. The SMILES string of the molecule is COc1ccc2[nH]c(C)c(CCNC(=O)CC(C)C)c2c1. The largest absolute Gasteiger partial charge is 0.497 e. The molecule has 0 bridgehead atoms. The second-order valence-corrected chi connectivity index (χ2v) is 5.84. The average Bonchev–Trinajstić information content (AvgIpc) is 2.73. The Morgan fingerprint density at radius 3 is 2.81 bits per heavy atom. The van der Waals surface area contributed by atoms with Gasteiger partial charge in [0.25, 0.3) is 0 Å². The quantitative estimate of drug-likeness (QED) is 0.857. The molecule has 0 unspecified atom stereocenters. The Morgan fingerprint density at radius 2 is 2.14 bits per heavy atom. The summed E-state index contributed by atoms with van der Waals surface area (Å²) in [5.41, 5.74) is 3.50. The second kappa shape index (κ2) is 6.66. The summed E-state index contributed by atoms with van der Waals surface area (Å²) in [6.07, 6.45) is 1.41. The molecule has 2 N–H and O–H groups in total. The molecule has 0 saturated carbocycles. The summed E-state index contributed by atoms with van der Waals surface area (Å²) in [6, 6.07) is 6.03. The fraction of sp³-hybridized carbons (Fsp3) is 0.471. The molecule has 2 rings (SSSR count). The third-order valence-corrected chi connectivity index (χ3v) is 3.62. The van der Waals surface area contributed by atoms with Gasteiger partial charge in [0.05, 0.1) is 7.11 Å². The minimum absolute atomic E-state index is 0.125. The van der Waals surface area contributed by atoms with Crippen molar-refractivity contribution in [2.24, 2.45) is 5.92 Å². The van der Waals surface area contributed by atoms with E-state index in [0.29, 0.717) is 18.9 Å². The van der Waals surface area contributed by atoms with Crippen LogP contribution >= 0.6 is 0 Å². The molecule has 0 radical (unpaired) electrons. The number of aromatic amines is 1. The van der Waals surface area contributed by atoms with Crippen LogP contribution in [-0.4, -0.2) is 24.5 Å². The molecule has 2 aromatic rings. The number of ether oxygens (including phenoxy) is 1. The zero-order valence-electron chi connectivity index (χ0n) is 13.2. The van der Waals surface area contributed by atoms with Crippen LogP contribution in [-0.2, 0) is 11.2 Å². The maximum absolute atomic E-state index is 11.7. The number of nitrogens with one attached hydrogen (secondary N) is 2. The van der Waals surface area contributed by atoms with E-state index in [1.54, 1.807) is 7.11 Å². The number of fused-ring (bicyclic) bond motifs is 1. The molecule has 0 atom stereocenters. The number of aromatic nitrogens is 1. The van der Waals surface area contributed by atoms with Gasteiger partial charge in [-0.3, -0.25) is 4.79 Å². The van der Waals surface area contributed by atoms with Crippen molar-refractivity contribution in [3.8, 4) is 5.75 Å². The molecule has 1 amide bonds. The first-order chi connectivity index (χ1) is 10.0. The predicted octanol–water partition coefficient (Wildman–Crippen LogP) is 3.19. The third-order valence-electron chi connectivity index (χ3n) is 3.62. The Morgan fingerprint density at radius 1 is 1.38 bits per heavy atom. The minimum atomic E-state index is 0.125. The lowest BCUT2D eigenvalue weighted by Crippen LogP contribution is -2.26. The first-order valence-electron chi connectivity index (χ1n) is 7.43. The van der Waals surface area contributed by atoms with E-state index in [2.05, 4.69) is 31.1 Å². The molecule has 0 aliphatic rings. The van der Waals surface area contributed by atoms with Crippen molar-refractivity contribution in [3.05, 3.63) is 29.5 Å². The van der Waals surface area contributed by atoms with Crippen LogP contribution in [0.3, 0.4) is 0 Å². The number of hydrogen-bond donors (Lipinski definition) is 2. The normalized spacial score (nSPS) is 11.1. The molecule has 4 nitrogen and oxygen atoms in total. The summed E-state index contributed by atoms with van der Waals surface area (Å²) >= 11 is 0. The van der Waals surface area contributed by atoms with E-state index in [1.165, 1.54) is 10.9 Å². The highest BCUT2D eigenvalue weighted by Gasteiger charge is 2.10. The third kappa shape index (κ3) is 3.78. The fourth-order valence-electron chi connectivity index (χ4n) is 2.58. The summed E-state index contributed by atoms with van der Waals surface area (Å²) in [5, 5.41) is 4.16. The Kier molecular flexibility index (Phi) is 4.89. The van der Waals surface area contributed by atoms with Gasteiger partial charge in [-0.15, -0.1) is 0 Å². The van der Waals surface area contributed by atoms with Gasteiger partial charge in [0, 0.05) is 29.6 Å². The zero-order valence-corrected chi connectivity index (χ0v) is 13.2. The lowest BCUT2D eigenvalue weighted by atomic mass is 10.1. The predicted molar refractivity (Wildman–Crippen MR) is 85.8 cm³/mol. The first kappa shape index (κ1) is 15.4. The van der Waals surface area contributed by atoms with E-state index in [9.17, 15) is 4.79 Å². The van der Waals surface area contributed by atoms with Crippen LogP contribution < -0.4 is 10.1 Å². The van der Waals surface area contributed by atoms with E-state index >= 15 is 0 Å². The number of methoxy groups -OCH3 is 1. The van der Waals surface area contributed by atoms with Gasteiger partial charge in [-0.1, -0.05) is 13.8 Å². The van der Waals surface area contributed by atoms with Crippen molar-refractivity contribution in [2.75, 3.05) is 13.7 Å². The van der Waals surface area contributed by atoms with Crippen LogP contribution in [0.1, 0.15) is 31.5 Å². The zero-order chi connectivity index (χ0) is 15.4. The molecular formula is C17H24N2O2. The number of aryl methyl sites for hydroxylation is 1. The lowest BCUT2D eigenvalue weighted by molar-refractivity contribution is -0.121. The number of hydrogen-bond acceptors (Lipinski definition) is 2. The average molecular weight is 288 g/mol. The maximum Gasteiger partial charge on any atom is 0.220 e. The molecule has 1 heterocycles. The van der Waals surface area contributed by atoms with Crippen molar-refractivity contribution in [1.29, 1.82) is 0 Å². The van der Waals surface area contributed by atoms with Crippen LogP contribution in [0.4, 0.5) is 0 Å². The molecule has 21 heavy (non-hydrogen) atoms. The van der Waals surface area contributed by atoms with E-state index in [0.717, 1.165) is 23.4 Å². The van der Waals surface area contributed by atoms with Crippen molar-refractivity contribution in [2.45, 2.75) is 33.6 Å². The van der Waals surface area contributed by atoms with Crippen LogP contribution in [0.5, 0.6) is 5.75 Å². The number of benzene rings is 1. The van der Waals surface area contributed by atoms with Gasteiger partial charge in [0.1, 0.15) is 5.75 Å². The van der Waals surface area contributed by atoms with Crippen molar-refractivity contribution < 1.29 is 9.53 Å². The monoisotopic (exact) mass is 288 g/mol. The van der Waals surface area contributed by atoms with Crippen LogP contribution in [0.15, 0.2) is 18.2 Å². The standard InChI is InChI=1S/C17H24N2O2/c1-11(2)9-17(20)18-8-7-14-12(3)19-16-6-5-13(21-4)10-15(14)16/h5-6,10-11,19H,7-9H2,1-4H3,(H,18,20). The summed E-state index contributed by atoms with van der Waals surface area (Å²) < 4.78 is 5.29. The molecule has 0 spiro atoms. The smallest absolute Gasteiger partial charge is 0.220 e. The number of H-pyrrole nitrogens is 1. The molecule has 114 valence electrons. The van der Waals surface area contributed by atoms with E-state index < -0.39 is 0 Å². The first-order valence-corrected chi connectivity index (χ1v) is 7.43. The minimum Gasteiger partial charge on any atom is -0.497 e. The fourth-order valence-corrected chi connectivity index (χ4v) is 2.58. The number of carbonyl (C=O) groups excluding carboxylic acids is 1. The van der Waals surface area contributed by atoms with E-state index in [1.807, 2.05) is 18.2 Å². The maximum atomic E-state index is 11.7. The van der Waals surface area contributed by atoms with Crippen molar-refractivity contribution in [1.82, 2.24) is 10.3 Å². The molecular weight excluding hydrogens is 264 g/mol. The Labute approximate surface area is 125 Å². The Balaban J connectivity index is 2.07. The number of amides is 1. The second-order valence-electron chi connectivity index (χ2n) is 5.84. The van der Waals surface area contributed by atoms with Gasteiger partial charge in [-0.2, -0.15) is 0 Å². The molecule has 4 heteroatoms.